The Labute approximate surface area is 92.7 Å². The van der Waals surface area contributed by atoms with Crippen LogP contribution in [0, 0.1) is 11.8 Å². The van der Waals surface area contributed by atoms with E-state index in [1.54, 1.807) is 0 Å². The zero-order chi connectivity index (χ0) is 10.5. The Morgan fingerprint density at radius 2 is 2.40 bits per heavy atom. The molecule has 2 unspecified atom stereocenters. The first-order valence-electron chi connectivity index (χ1n) is 6.37. The molecule has 3 heteroatoms. The Morgan fingerprint density at radius 1 is 1.47 bits per heavy atom. The van der Waals surface area contributed by atoms with E-state index in [0.717, 1.165) is 37.4 Å². The maximum absolute atomic E-state index is 4.33. The molecule has 0 bridgehead atoms. The number of guanidine groups is 1. The molecule has 15 heavy (non-hydrogen) atoms. The second kappa shape index (κ2) is 5.38. The van der Waals surface area contributed by atoms with Crippen LogP contribution < -0.4 is 10.6 Å². The van der Waals surface area contributed by atoms with Crippen molar-refractivity contribution in [3.05, 3.63) is 0 Å². The van der Waals surface area contributed by atoms with Crippen LogP contribution in [0.15, 0.2) is 4.99 Å². The molecule has 0 spiro atoms. The van der Waals surface area contributed by atoms with Gasteiger partial charge in [-0.15, -0.1) is 0 Å². The summed E-state index contributed by atoms with van der Waals surface area (Å²) in [5, 5.41) is 6.62. The van der Waals surface area contributed by atoms with Crippen LogP contribution in [-0.2, 0) is 0 Å². The van der Waals surface area contributed by atoms with E-state index in [9.17, 15) is 0 Å². The SMILES string of the molecule is CC1CCCC(CCNC2=NCCN2)C1. The number of aliphatic imine (C=N–C) groups is 1. The third-order valence-corrected chi connectivity index (χ3v) is 3.56. The van der Waals surface area contributed by atoms with E-state index in [1.807, 2.05) is 0 Å². The number of nitrogens with one attached hydrogen (secondary N) is 2. The predicted molar refractivity (Wildman–Crippen MR) is 64.0 cm³/mol. The first-order valence-corrected chi connectivity index (χ1v) is 6.37. The van der Waals surface area contributed by atoms with Crippen LogP contribution in [-0.4, -0.2) is 25.6 Å². The van der Waals surface area contributed by atoms with Gasteiger partial charge in [-0.1, -0.05) is 26.2 Å². The van der Waals surface area contributed by atoms with Gasteiger partial charge in [0.15, 0.2) is 5.96 Å². The number of rotatable bonds is 3. The van der Waals surface area contributed by atoms with E-state index >= 15 is 0 Å². The lowest BCUT2D eigenvalue weighted by Gasteiger charge is -2.26. The Morgan fingerprint density at radius 3 is 3.13 bits per heavy atom. The molecule has 1 aliphatic heterocycles. The third-order valence-electron chi connectivity index (χ3n) is 3.56. The first kappa shape index (κ1) is 10.8. The summed E-state index contributed by atoms with van der Waals surface area (Å²) in [7, 11) is 0. The fourth-order valence-electron chi connectivity index (χ4n) is 2.73. The van der Waals surface area contributed by atoms with Crippen LogP contribution in [0.4, 0.5) is 0 Å². The molecular formula is C12H23N3. The average molecular weight is 209 g/mol. The monoisotopic (exact) mass is 209 g/mol. The Kier molecular flexibility index (Phi) is 3.87. The van der Waals surface area contributed by atoms with Gasteiger partial charge in [0.05, 0.1) is 6.54 Å². The van der Waals surface area contributed by atoms with E-state index in [-0.39, 0.29) is 0 Å². The van der Waals surface area contributed by atoms with Crippen molar-refractivity contribution in [2.24, 2.45) is 16.8 Å². The van der Waals surface area contributed by atoms with Gasteiger partial charge < -0.3 is 10.6 Å². The predicted octanol–water partition coefficient (Wildman–Crippen LogP) is 1.75. The van der Waals surface area contributed by atoms with Gasteiger partial charge in [0, 0.05) is 13.1 Å². The summed E-state index contributed by atoms with van der Waals surface area (Å²) in [6.45, 7) is 5.41. The van der Waals surface area contributed by atoms with E-state index in [1.165, 1.54) is 32.1 Å². The van der Waals surface area contributed by atoms with Gasteiger partial charge in [-0.05, 0) is 24.7 Å². The first-order chi connectivity index (χ1) is 7.34. The average Bonchev–Trinajstić information content (AvgIpc) is 2.71. The molecule has 1 saturated carbocycles. The van der Waals surface area contributed by atoms with Crippen molar-refractivity contribution >= 4 is 5.96 Å². The largest absolute Gasteiger partial charge is 0.356 e. The highest BCUT2D eigenvalue weighted by Crippen LogP contribution is 2.30. The van der Waals surface area contributed by atoms with Gasteiger partial charge in [-0.3, -0.25) is 4.99 Å². The fraction of sp³-hybridized carbons (Fsp3) is 0.917. The minimum Gasteiger partial charge on any atom is -0.356 e. The summed E-state index contributed by atoms with van der Waals surface area (Å²) in [5.41, 5.74) is 0. The van der Waals surface area contributed by atoms with Crippen molar-refractivity contribution < 1.29 is 0 Å². The molecule has 1 heterocycles. The van der Waals surface area contributed by atoms with Crippen molar-refractivity contribution in [3.63, 3.8) is 0 Å². The summed E-state index contributed by atoms with van der Waals surface area (Å²) in [6, 6.07) is 0. The lowest BCUT2D eigenvalue weighted by Crippen LogP contribution is -2.35. The molecule has 0 aromatic rings. The number of hydrogen-bond acceptors (Lipinski definition) is 3. The molecule has 1 aliphatic carbocycles. The molecule has 0 saturated heterocycles. The molecule has 2 rings (SSSR count). The van der Waals surface area contributed by atoms with Crippen LogP contribution in [0.5, 0.6) is 0 Å². The quantitative estimate of drug-likeness (QED) is 0.743. The highest BCUT2D eigenvalue weighted by atomic mass is 15.2. The van der Waals surface area contributed by atoms with Crippen molar-refractivity contribution in [2.45, 2.75) is 39.0 Å². The normalized spacial score (nSPS) is 30.9. The van der Waals surface area contributed by atoms with E-state index in [4.69, 9.17) is 0 Å². The molecule has 0 radical (unpaired) electrons. The second-order valence-electron chi connectivity index (χ2n) is 5.01. The Hall–Kier alpha value is -0.730. The number of hydrogen-bond donors (Lipinski definition) is 2. The van der Waals surface area contributed by atoms with Crippen LogP contribution in [0.2, 0.25) is 0 Å². The summed E-state index contributed by atoms with van der Waals surface area (Å²) in [5.74, 6) is 2.91. The van der Waals surface area contributed by atoms with Crippen LogP contribution in [0.3, 0.4) is 0 Å². The molecule has 3 nitrogen and oxygen atoms in total. The maximum Gasteiger partial charge on any atom is 0.191 e. The van der Waals surface area contributed by atoms with Crippen LogP contribution >= 0.6 is 0 Å². The van der Waals surface area contributed by atoms with Gasteiger partial charge in [-0.25, -0.2) is 0 Å². The van der Waals surface area contributed by atoms with E-state index in [2.05, 4.69) is 22.5 Å². The molecule has 86 valence electrons. The minimum atomic E-state index is 0.933. The smallest absolute Gasteiger partial charge is 0.191 e. The molecule has 0 aromatic heterocycles. The van der Waals surface area contributed by atoms with Crippen molar-refractivity contribution in [1.29, 1.82) is 0 Å². The summed E-state index contributed by atoms with van der Waals surface area (Å²) in [4.78, 5) is 4.33. The zero-order valence-electron chi connectivity index (χ0n) is 9.76. The lowest BCUT2D eigenvalue weighted by molar-refractivity contribution is 0.270. The minimum absolute atomic E-state index is 0.933. The van der Waals surface area contributed by atoms with Gasteiger partial charge in [0.1, 0.15) is 0 Å². The second-order valence-corrected chi connectivity index (χ2v) is 5.01. The molecular weight excluding hydrogens is 186 g/mol. The van der Waals surface area contributed by atoms with E-state index < -0.39 is 0 Å². The van der Waals surface area contributed by atoms with Crippen molar-refractivity contribution in [3.8, 4) is 0 Å². The summed E-state index contributed by atoms with van der Waals surface area (Å²) >= 11 is 0. The van der Waals surface area contributed by atoms with Gasteiger partial charge >= 0.3 is 0 Å². The molecule has 2 N–H and O–H groups in total. The maximum atomic E-state index is 4.33. The van der Waals surface area contributed by atoms with Gasteiger partial charge in [0.2, 0.25) is 0 Å². The highest BCUT2D eigenvalue weighted by Gasteiger charge is 2.18. The zero-order valence-corrected chi connectivity index (χ0v) is 9.76. The topological polar surface area (TPSA) is 36.4 Å². The standard InChI is InChI=1S/C12H23N3/c1-10-3-2-4-11(9-10)5-6-13-12-14-7-8-15-12/h10-11H,2-9H2,1H3,(H2,13,14,15). The number of nitrogens with zero attached hydrogens (tertiary/aromatic N) is 1. The molecule has 0 aromatic carbocycles. The lowest BCUT2D eigenvalue weighted by atomic mass is 9.81. The Bertz CT molecular complexity index is 225. The van der Waals surface area contributed by atoms with Crippen molar-refractivity contribution in [1.82, 2.24) is 10.6 Å². The molecule has 2 aliphatic rings. The molecule has 1 fully saturated rings. The third kappa shape index (κ3) is 3.40. The van der Waals surface area contributed by atoms with Crippen LogP contribution in [0.25, 0.3) is 0 Å². The van der Waals surface area contributed by atoms with Crippen LogP contribution in [0.1, 0.15) is 39.0 Å². The molecule has 2 atom stereocenters. The van der Waals surface area contributed by atoms with E-state index in [0.29, 0.717) is 0 Å². The van der Waals surface area contributed by atoms with Gasteiger partial charge in [-0.2, -0.15) is 0 Å². The van der Waals surface area contributed by atoms with Crippen molar-refractivity contribution in [2.75, 3.05) is 19.6 Å². The molecule has 0 amide bonds. The summed E-state index contributed by atoms with van der Waals surface area (Å²) < 4.78 is 0. The highest BCUT2D eigenvalue weighted by molar-refractivity contribution is 5.81. The Balaban J connectivity index is 1.60. The fourth-order valence-corrected chi connectivity index (χ4v) is 2.73. The summed E-state index contributed by atoms with van der Waals surface area (Å²) in [6.07, 6.45) is 7.06. The van der Waals surface area contributed by atoms with Gasteiger partial charge in [0.25, 0.3) is 0 Å².